The van der Waals surface area contributed by atoms with E-state index in [9.17, 15) is 0 Å². The van der Waals surface area contributed by atoms with Gasteiger partial charge in [-0.1, -0.05) is 29.8 Å². The van der Waals surface area contributed by atoms with Crippen LogP contribution in [0.25, 0.3) is 0 Å². The molecule has 1 aromatic rings. The quantitative estimate of drug-likeness (QED) is 0.543. The molecule has 0 unspecified atom stereocenters. The van der Waals surface area contributed by atoms with Crippen molar-refractivity contribution in [1.29, 1.82) is 0 Å². The molecule has 2 rings (SSSR count). The third kappa shape index (κ3) is 1.18. The Bertz CT molecular complexity index is 332. The Morgan fingerprint density at radius 1 is 1.17 bits per heavy atom. The fraction of sp³-hybridized carbons (Fsp3) is 0.250. The van der Waals surface area contributed by atoms with Crippen molar-refractivity contribution in [3.8, 4) is 0 Å². The second-order valence-electron chi connectivity index (χ2n) is 3.44. The van der Waals surface area contributed by atoms with E-state index < -0.39 is 0 Å². The van der Waals surface area contributed by atoms with Crippen LogP contribution in [-0.2, 0) is 6.42 Å². The van der Waals surface area contributed by atoms with E-state index in [1.165, 1.54) is 22.3 Å². The van der Waals surface area contributed by atoms with Gasteiger partial charge < -0.3 is 0 Å². The van der Waals surface area contributed by atoms with Crippen molar-refractivity contribution in [2.75, 3.05) is 0 Å². The summed E-state index contributed by atoms with van der Waals surface area (Å²) >= 11 is 0. The molecule has 1 aliphatic rings. The second-order valence-corrected chi connectivity index (χ2v) is 3.44. The van der Waals surface area contributed by atoms with Crippen LogP contribution in [0, 0.1) is 13.3 Å². The summed E-state index contributed by atoms with van der Waals surface area (Å²) in [5.41, 5.74) is 5.68. The summed E-state index contributed by atoms with van der Waals surface area (Å²) in [6.07, 6.45) is 5.64. The largest absolute Gasteiger partial charge is 0.0805 e. The summed E-state index contributed by atoms with van der Waals surface area (Å²) < 4.78 is 0. The Kier molecular flexibility index (Phi) is 1.76. The first-order valence-corrected chi connectivity index (χ1v) is 4.37. The molecule has 0 aliphatic heterocycles. The fourth-order valence-corrected chi connectivity index (χ4v) is 1.71. The molecule has 0 nitrogen and oxygen atoms in total. The molecule has 1 radical (unpaired) electrons. The molecule has 0 fully saturated rings. The van der Waals surface area contributed by atoms with Crippen LogP contribution in [0.15, 0.2) is 29.8 Å². The van der Waals surface area contributed by atoms with Crippen LogP contribution in [0.1, 0.15) is 23.6 Å². The Morgan fingerprint density at radius 2 is 2.00 bits per heavy atom. The zero-order chi connectivity index (χ0) is 8.55. The summed E-state index contributed by atoms with van der Waals surface area (Å²) in [4.78, 5) is 0. The molecule has 0 bridgehead atoms. The zero-order valence-electron chi connectivity index (χ0n) is 7.59. The minimum Gasteiger partial charge on any atom is -0.0805 e. The fourth-order valence-electron chi connectivity index (χ4n) is 1.71. The molecule has 0 heteroatoms. The Balaban J connectivity index is 2.49. The molecule has 0 aromatic heterocycles. The zero-order valence-corrected chi connectivity index (χ0v) is 7.59. The van der Waals surface area contributed by atoms with Crippen molar-refractivity contribution in [1.82, 2.24) is 0 Å². The van der Waals surface area contributed by atoms with Crippen molar-refractivity contribution < 1.29 is 0 Å². The molecule has 0 heterocycles. The highest BCUT2D eigenvalue weighted by Crippen LogP contribution is 2.24. The van der Waals surface area contributed by atoms with E-state index in [1.54, 1.807) is 0 Å². The second kappa shape index (κ2) is 2.78. The lowest BCUT2D eigenvalue weighted by Crippen LogP contribution is -2.00. The average Bonchev–Trinajstić information content (AvgIpc) is 2.04. The summed E-state index contributed by atoms with van der Waals surface area (Å²) in [7, 11) is 0. The molecule has 1 aliphatic carbocycles. The number of rotatable bonds is 0. The van der Waals surface area contributed by atoms with Crippen molar-refractivity contribution >= 4 is 0 Å². The smallest absolute Gasteiger partial charge is 0.0155 e. The molecule has 0 amide bonds. The summed E-state index contributed by atoms with van der Waals surface area (Å²) in [5.74, 6) is 0. The van der Waals surface area contributed by atoms with E-state index in [0.717, 1.165) is 6.42 Å². The number of hydrogen-bond acceptors (Lipinski definition) is 0. The molecule has 0 atom stereocenters. The van der Waals surface area contributed by atoms with E-state index in [0.29, 0.717) is 0 Å². The van der Waals surface area contributed by atoms with Gasteiger partial charge in [0.1, 0.15) is 0 Å². The van der Waals surface area contributed by atoms with Gasteiger partial charge in [-0.15, -0.1) is 0 Å². The van der Waals surface area contributed by atoms with E-state index >= 15 is 0 Å². The number of aryl methyl sites for hydroxylation is 1. The monoisotopic (exact) mass is 157 g/mol. The topological polar surface area (TPSA) is 0 Å². The van der Waals surface area contributed by atoms with Crippen LogP contribution >= 0.6 is 0 Å². The maximum absolute atomic E-state index is 2.29. The highest BCUT2D eigenvalue weighted by Gasteiger charge is 2.09. The lowest BCUT2D eigenvalue weighted by atomic mass is 9.89. The molecule has 1 aromatic carbocycles. The normalized spacial score (nSPS) is 15.3. The third-order valence-electron chi connectivity index (χ3n) is 2.46. The van der Waals surface area contributed by atoms with Crippen molar-refractivity contribution in [3.63, 3.8) is 0 Å². The van der Waals surface area contributed by atoms with Crippen molar-refractivity contribution in [2.45, 2.75) is 20.3 Å². The summed E-state index contributed by atoms with van der Waals surface area (Å²) in [6.45, 7) is 4.34. The van der Waals surface area contributed by atoms with Gasteiger partial charge in [-0.05, 0) is 37.0 Å². The minimum absolute atomic E-state index is 1.10. The molecule has 12 heavy (non-hydrogen) atoms. The lowest BCUT2D eigenvalue weighted by Gasteiger charge is -2.15. The molecular formula is C12H13. The van der Waals surface area contributed by atoms with Gasteiger partial charge in [0, 0.05) is 6.42 Å². The van der Waals surface area contributed by atoms with E-state index in [1.807, 2.05) is 0 Å². The molecule has 0 saturated heterocycles. The van der Waals surface area contributed by atoms with Crippen LogP contribution in [0.5, 0.6) is 0 Å². The standard InChI is InChI=1S/C12H13/c1-9-6-7-12-10(2)4-3-5-11(12)8-9/h3-6,8H,7H2,1-2H3. The number of hydrogen-bond donors (Lipinski definition) is 0. The number of fused-ring (bicyclic) bond motifs is 1. The predicted molar refractivity (Wildman–Crippen MR) is 52.0 cm³/mol. The van der Waals surface area contributed by atoms with Crippen LogP contribution in [-0.4, -0.2) is 0 Å². The maximum Gasteiger partial charge on any atom is 0.0155 e. The van der Waals surface area contributed by atoms with Crippen LogP contribution in [0.2, 0.25) is 0 Å². The van der Waals surface area contributed by atoms with Crippen molar-refractivity contribution in [3.05, 3.63) is 53.0 Å². The van der Waals surface area contributed by atoms with Gasteiger partial charge in [0.05, 0.1) is 0 Å². The van der Waals surface area contributed by atoms with Gasteiger partial charge in [0.25, 0.3) is 0 Å². The Hall–Kier alpha value is -1.04. The van der Waals surface area contributed by atoms with Gasteiger partial charge in [-0.25, -0.2) is 0 Å². The summed E-state index contributed by atoms with van der Waals surface area (Å²) in [5, 5.41) is 0. The molecule has 0 saturated carbocycles. The maximum atomic E-state index is 2.29. The van der Waals surface area contributed by atoms with E-state index in [-0.39, 0.29) is 0 Å². The molecule has 0 spiro atoms. The van der Waals surface area contributed by atoms with Gasteiger partial charge in [0.2, 0.25) is 0 Å². The number of allylic oxidation sites excluding steroid dienone is 2. The predicted octanol–water partition coefficient (Wildman–Crippen LogP) is 3.05. The first-order valence-electron chi connectivity index (χ1n) is 4.37. The average molecular weight is 157 g/mol. The Morgan fingerprint density at radius 3 is 2.83 bits per heavy atom. The first-order chi connectivity index (χ1) is 5.77. The van der Waals surface area contributed by atoms with Crippen LogP contribution in [0.4, 0.5) is 0 Å². The first kappa shape index (κ1) is 7.60. The van der Waals surface area contributed by atoms with Gasteiger partial charge in [-0.2, -0.15) is 0 Å². The SMILES string of the molecule is CC1=CCc2c(C)cccc2[CH]1. The van der Waals surface area contributed by atoms with Crippen LogP contribution < -0.4 is 0 Å². The van der Waals surface area contributed by atoms with E-state index in [2.05, 4.69) is 44.5 Å². The lowest BCUT2D eigenvalue weighted by molar-refractivity contribution is 1.11. The molecule has 61 valence electrons. The molecular weight excluding hydrogens is 144 g/mol. The molecule has 0 N–H and O–H groups in total. The Labute approximate surface area is 73.9 Å². The number of benzene rings is 1. The minimum atomic E-state index is 1.10. The highest BCUT2D eigenvalue weighted by atomic mass is 14.1. The van der Waals surface area contributed by atoms with Crippen molar-refractivity contribution in [2.24, 2.45) is 0 Å². The van der Waals surface area contributed by atoms with Gasteiger partial charge in [0.15, 0.2) is 0 Å². The van der Waals surface area contributed by atoms with Gasteiger partial charge in [-0.3, -0.25) is 0 Å². The highest BCUT2D eigenvalue weighted by molar-refractivity contribution is 5.47. The van der Waals surface area contributed by atoms with E-state index in [4.69, 9.17) is 0 Å². The van der Waals surface area contributed by atoms with Crippen LogP contribution in [0.3, 0.4) is 0 Å². The third-order valence-corrected chi connectivity index (χ3v) is 2.46. The summed E-state index contributed by atoms with van der Waals surface area (Å²) in [6, 6.07) is 6.50. The van der Waals surface area contributed by atoms with Gasteiger partial charge >= 0.3 is 0 Å².